The molecule has 0 spiro atoms. The SMILES string of the molecule is CCn1cc(-c2ccc(OC)c(N)c2)cn1. The molecule has 0 saturated carbocycles. The number of aromatic nitrogens is 2. The number of ether oxygens (including phenoxy) is 1. The van der Waals surface area contributed by atoms with Crippen LogP contribution in [0.1, 0.15) is 6.92 Å². The van der Waals surface area contributed by atoms with E-state index in [1.807, 2.05) is 35.3 Å². The van der Waals surface area contributed by atoms with Crippen molar-refractivity contribution in [3.8, 4) is 16.9 Å². The van der Waals surface area contributed by atoms with E-state index in [1.165, 1.54) is 0 Å². The van der Waals surface area contributed by atoms with Crippen LogP contribution in [0.2, 0.25) is 0 Å². The second-order valence-corrected chi connectivity index (χ2v) is 3.54. The molecule has 4 nitrogen and oxygen atoms in total. The Labute approximate surface area is 94.6 Å². The van der Waals surface area contributed by atoms with Gasteiger partial charge in [-0.2, -0.15) is 5.10 Å². The monoisotopic (exact) mass is 217 g/mol. The first-order valence-electron chi connectivity index (χ1n) is 5.21. The number of nitrogen functional groups attached to an aromatic ring is 1. The van der Waals surface area contributed by atoms with Crippen molar-refractivity contribution in [3.63, 3.8) is 0 Å². The van der Waals surface area contributed by atoms with Crippen LogP contribution in [-0.2, 0) is 6.54 Å². The zero-order chi connectivity index (χ0) is 11.5. The van der Waals surface area contributed by atoms with Crippen molar-refractivity contribution in [2.75, 3.05) is 12.8 Å². The van der Waals surface area contributed by atoms with Crippen LogP contribution in [0.25, 0.3) is 11.1 Å². The van der Waals surface area contributed by atoms with Crippen molar-refractivity contribution in [1.82, 2.24) is 9.78 Å². The van der Waals surface area contributed by atoms with E-state index in [9.17, 15) is 0 Å². The molecule has 1 aromatic heterocycles. The highest BCUT2D eigenvalue weighted by Gasteiger charge is 2.04. The number of aryl methyl sites for hydroxylation is 1. The van der Waals surface area contributed by atoms with Gasteiger partial charge >= 0.3 is 0 Å². The molecule has 0 unspecified atom stereocenters. The molecule has 0 aliphatic rings. The predicted octanol–water partition coefficient (Wildman–Crippen LogP) is 2.16. The number of benzene rings is 1. The lowest BCUT2D eigenvalue weighted by Crippen LogP contribution is -1.93. The van der Waals surface area contributed by atoms with Gasteiger partial charge in [0.15, 0.2) is 0 Å². The van der Waals surface area contributed by atoms with Gasteiger partial charge in [-0.3, -0.25) is 4.68 Å². The second kappa shape index (κ2) is 4.26. The van der Waals surface area contributed by atoms with Gasteiger partial charge in [-0.05, 0) is 24.6 Å². The highest BCUT2D eigenvalue weighted by Crippen LogP contribution is 2.27. The molecule has 0 amide bonds. The van der Waals surface area contributed by atoms with Crippen LogP contribution in [0.3, 0.4) is 0 Å². The van der Waals surface area contributed by atoms with Gasteiger partial charge in [-0.1, -0.05) is 6.07 Å². The van der Waals surface area contributed by atoms with Gasteiger partial charge in [0.25, 0.3) is 0 Å². The predicted molar refractivity (Wildman–Crippen MR) is 64.3 cm³/mol. The standard InChI is InChI=1S/C12H15N3O/c1-3-15-8-10(7-14-15)9-4-5-12(16-2)11(13)6-9/h4-8H,3,13H2,1-2H3. The summed E-state index contributed by atoms with van der Waals surface area (Å²) in [6.07, 6.45) is 3.84. The van der Waals surface area contributed by atoms with E-state index in [-0.39, 0.29) is 0 Å². The maximum atomic E-state index is 5.86. The van der Waals surface area contributed by atoms with E-state index in [4.69, 9.17) is 10.5 Å². The van der Waals surface area contributed by atoms with Crippen molar-refractivity contribution in [2.24, 2.45) is 0 Å². The molecule has 2 N–H and O–H groups in total. The lowest BCUT2D eigenvalue weighted by Gasteiger charge is -2.05. The van der Waals surface area contributed by atoms with E-state index in [0.29, 0.717) is 11.4 Å². The van der Waals surface area contributed by atoms with Crippen LogP contribution in [0.5, 0.6) is 5.75 Å². The fraction of sp³-hybridized carbons (Fsp3) is 0.250. The normalized spacial score (nSPS) is 10.4. The fourth-order valence-corrected chi connectivity index (χ4v) is 1.60. The first-order chi connectivity index (χ1) is 7.74. The molecule has 0 atom stereocenters. The molecule has 0 aliphatic carbocycles. The van der Waals surface area contributed by atoms with Gasteiger partial charge < -0.3 is 10.5 Å². The number of methoxy groups -OCH3 is 1. The van der Waals surface area contributed by atoms with E-state index in [2.05, 4.69) is 12.0 Å². The Morgan fingerprint density at radius 1 is 1.38 bits per heavy atom. The van der Waals surface area contributed by atoms with Crippen LogP contribution in [0.4, 0.5) is 5.69 Å². The smallest absolute Gasteiger partial charge is 0.141 e. The fourth-order valence-electron chi connectivity index (χ4n) is 1.60. The molecule has 2 aromatic rings. The van der Waals surface area contributed by atoms with Crippen molar-refractivity contribution in [2.45, 2.75) is 13.5 Å². The maximum absolute atomic E-state index is 5.86. The molecule has 0 fully saturated rings. The minimum atomic E-state index is 0.643. The van der Waals surface area contributed by atoms with Gasteiger partial charge in [0, 0.05) is 18.3 Å². The molecule has 0 bridgehead atoms. The van der Waals surface area contributed by atoms with Crippen LogP contribution < -0.4 is 10.5 Å². The molecule has 0 radical (unpaired) electrons. The summed E-state index contributed by atoms with van der Waals surface area (Å²) < 4.78 is 7.00. The van der Waals surface area contributed by atoms with Crippen LogP contribution in [0.15, 0.2) is 30.6 Å². The van der Waals surface area contributed by atoms with Crippen molar-refractivity contribution in [3.05, 3.63) is 30.6 Å². The summed E-state index contributed by atoms with van der Waals surface area (Å²) in [5.41, 5.74) is 8.62. The van der Waals surface area contributed by atoms with Gasteiger partial charge in [0.2, 0.25) is 0 Å². The summed E-state index contributed by atoms with van der Waals surface area (Å²) in [5.74, 6) is 0.701. The van der Waals surface area contributed by atoms with E-state index < -0.39 is 0 Å². The number of hydrogen-bond acceptors (Lipinski definition) is 3. The average molecular weight is 217 g/mol. The third-order valence-electron chi connectivity index (χ3n) is 2.52. The summed E-state index contributed by atoms with van der Waals surface area (Å²) in [6.45, 7) is 2.92. The molecular weight excluding hydrogens is 202 g/mol. The number of hydrogen-bond donors (Lipinski definition) is 1. The molecule has 84 valence electrons. The average Bonchev–Trinajstić information content (AvgIpc) is 2.77. The molecule has 4 heteroatoms. The largest absolute Gasteiger partial charge is 0.495 e. The summed E-state index contributed by atoms with van der Waals surface area (Å²) >= 11 is 0. The first kappa shape index (κ1) is 10.5. The maximum Gasteiger partial charge on any atom is 0.141 e. The summed E-state index contributed by atoms with van der Waals surface area (Å²) in [7, 11) is 1.61. The number of nitrogens with two attached hydrogens (primary N) is 1. The van der Waals surface area contributed by atoms with Crippen molar-refractivity contribution < 1.29 is 4.74 Å². The molecule has 16 heavy (non-hydrogen) atoms. The third-order valence-corrected chi connectivity index (χ3v) is 2.52. The highest BCUT2D eigenvalue weighted by molar-refractivity contribution is 5.69. The molecule has 1 aromatic carbocycles. The van der Waals surface area contributed by atoms with Crippen LogP contribution in [-0.4, -0.2) is 16.9 Å². The van der Waals surface area contributed by atoms with Gasteiger partial charge in [-0.25, -0.2) is 0 Å². The van der Waals surface area contributed by atoms with Crippen LogP contribution in [0, 0.1) is 0 Å². The minimum absolute atomic E-state index is 0.643. The first-order valence-corrected chi connectivity index (χ1v) is 5.21. The Morgan fingerprint density at radius 3 is 2.75 bits per heavy atom. The molecule has 1 heterocycles. The Kier molecular flexibility index (Phi) is 2.81. The third kappa shape index (κ3) is 1.86. The summed E-state index contributed by atoms with van der Waals surface area (Å²) in [5, 5.41) is 4.23. The van der Waals surface area contributed by atoms with E-state index in [1.54, 1.807) is 7.11 Å². The van der Waals surface area contributed by atoms with Crippen molar-refractivity contribution >= 4 is 5.69 Å². The van der Waals surface area contributed by atoms with Gasteiger partial charge in [0.05, 0.1) is 19.0 Å². The Morgan fingerprint density at radius 2 is 2.19 bits per heavy atom. The lowest BCUT2D eigenvalue weighted by molar-refractivity contribution is 0.417. The molecule has 2 rings (SSSR count). The topological polar surface area (TPSA) is 53.1 Å². The quantitative estimate of drug-likeness (QED) is 0.801. The summed E-state index contributed by atoms with van der Waals surface area (Å²) in [4.78, 5) is 0. The second-order valence-electron chi connectivity index (χ2n) is 3.54. The zero-order valence-electron chi connectivity index (χ0n) is 9.47. The number of rotatable bonds is 3. The number of nitrogens with zero attached hydrogens (tertiary/aromatic N) is 2. The Hall–Kier alpha value is -1.97. The molecule has 0 saturated heterocycles. The van der Waals surface area contributed by atoms with Crippen molar-refractivity contribution in [1.29, 1.82) is 0 Å². The Bertz CT molecular complexity index is 491. The van der Waals surface area contributed by atoms with E-state index in [0.717, 1.165) is 17.7 Å². The Balaban J connectivity index is 2.37. The molecular formula is C12H15N3O. The lowest BCUT2D eigenvalue weighted by atomic mass is 10.1. The number of anilines is 1. The van der Waals surface area contributed by atoms with Crippen LogP contribution >= 0.6 is 0 Å². The minimum Gasteiger partial charge on any atom is -0.495 e. The highest BCUT2D eigenvalue weighted by atomic mass is 16.5. The molecule has 0 aliphatic heterocycles. The zero-order valence-corrected chi connectivity index (χ0v) is 9.47. The van der Waals surface area contributed by atoms with Gasteiger partial charge in [-0.15, -0.1) is 0 Å². The van der Waals surface area contributed by atoms with E-state index >= 15 is 0 Å². The van der Waals surface area contributed by atoms with Gasteiger partial charge in [0.1, 0.15) is 5.75 Å². The summed E-state index contributed by atoms with van der Waals surface area (Å²) in [6, 6.07) is 5.75.